The van der Waals surface area contributed by atoms with Crippen molar-refractivity contribution in [1.82, 2.24) is 0 Å². The summed E-state index contributed by atoms with van der Waals surface area (Å²) in [7, 11) is 11.7. The first-order valence-corrected chi connectivity index (χ1v) is 8.44. The summed E-state index contributed by atoms with van der Waals surface area (Å²) in [6.45, 7) is 1.61. The normalized spacial score (nSPS) is 11.7. The minimum atomic E-state index is -0.694. The highest BCUT2D eigenvalue weighted by atomic mass is 16.5. The second-order valence-corrected chi connectivity index (χ2v) is 6.12. The minimum Gasteiger partial charge on any atom is -0.396 e. The summed E-state index contributed by atoms with van der Waals surface area (Å²) in [4.78, 5) is 0. The zero-order valence-electron chi connectivity index (χ0n) is 13.7. The molecule has 0 unspecified atom stereocenters. The van der Waals surface area contributed by atoms with Crippen molar-refractivity contribution in [2.24, 2.45) is 0 Å². The summed E-state index contributed by atoms with van der Waals surface area (Å²) in [6, 6.07) is 10.3. The SMILES string of the molecule is [B]C([B])(CCO)CCCCCCCCOCc1ccccc1. The van der Waals surface area contributed by atoms with Crippen molar-refractivity contribution >= 4 is 15.7 Å². The van der Waals surface area contributed by atoms with Crippen LogP contribution in [0.1, 0.15) is 56.9 Å². The van der Waals surface area contributed by atoms with Crippen molar-refractivity contribution in [1.29, 1.82) is 0 Å². The Labute approximate surface area is 138 Å². The van der Waals surface area contributed by atoms with Crippen LogP contribution >= 0.6 is 0 Å². The summed E-state index contributed by atoms with van der Waals surface area (Å²) in [6.07, 6.45) is 8.24. The van der Waals surface area contributed by atoms with E-state index in [2.05, 4.69) is 12.1 Å². The van der Waals surface area contributed by atoms with Crippen LogP contribution in [-0.2, 0) is 11.3 Å². The predicted octanol–water partition coefficient (Wildman–Crippen LogP) is 3.77. The van der Waals surface area contributed by atoms with Gasteiger partial charge in [-0.05, 0) is 18.4 Å². The van der Waals surface area contributed by atoms with Crippen LogP contribution in [0.4, 0.5) is 0 Å². The Morgan fingerprint density at radius 1 is 0.864 bits per heavy atom. The fraction of sp³-hybridized carbons (Fsp3) is 0.667. The molecule has 0 heterocycles. The van der Waals surface area contributed by atoms with Gasteiger partial charge in [0, 0.05) is 13.2 Å². The van der Waals surface area contributed by atoms with Crippen LogP contribution in [-0.4, -0.2) is 34.0 Å². The molecule has 22 heavy (non-hydrogen) atoms. The van der Waals surface area contributed by atoms with E-state index in [-0.39, 0.29) is 6.61 Å². The van der Waals surface area contributed by atoms with Gasteiger partial charge < -0.3 is 9.84 Å². The fourth-order valence-electron chi connectivity index (χ4n) is 2.46. The first-order chi connectivity index (χ1) is 10.6. The fourth-order valence-corrected chi connectivity index (χ4v) is 2.46. The van der Waals surface area contributed by atoms with Gasteiger partial charge in [0.15, 0.2) is 0 Å². The number of unbranched alkanes of at least 4 members (excludes halogenated alkanes) is 5. The first-order valence-electron chi connectivity index (χ1n) is 8.44. The van der Waals surface area contributed by atoms with E-state index in [0.29, 0.717) is 13.0 Å². The van der Waals surface area contributed by atoms with Crippen molar-refractivity contribution in [3.8, 4) is 0 Å². The van der Waals surface area contributed by atoms with E-state index in [1.54, 1.807) is 0 Å². The Bertz CT molecular complexity index is 369. The number of hydrogen-bond acceptors (Lipinski definition) is 2. The lowest BCUT2D eigenvalue weighted by Gasteiger charge is -2.24. The second kappa shape index (κ2) is 11.8. The largest absolute Gasteiger partial charge is 0.396 e. The molecule has 0 saturated heterocycles. The van der Waals surface area contributed by atoms with Crippen LogP contribution in [0.2, 0.25) is 5.21 Å². The Morgan fingerprint density at radius 2 is 1.50 bits per heavy atom. The number of hydrogen-bond donors (Lipinski definition) is 1. The molecule has 2 nitrogen and oxygen atoms in total. The number of rotatable bonds is 13. The molecular formula is C18H28B2O2. The molecule has 0 fully saturated rings. The molecule has 0 atom stereocenters. The Balaban J connectivity index is 1.86. The molecule has 1 N–H and O–H groups in total. The zero-order valence-corrected chi connectivity index (χ0v) is 13.7. The number of aliphatic hydroxyl groups is 1. The molecule has 0 aromatic heterocycles. The Morgan fingerprint density at radius 3 is 2.18 bits per heavy atom. The van der Waals surface area contributed by atoms with Crippen molar-refractivity contribution in [3.05, 3.63) is 35.9 Å². The molecule has 4 radical (unpaired) electrons. The van der Waals surface area contributed by atoms with E-state index < -0.39 is 5.21 Å². The smallest absolute Gasteiger partial charge is 0.0716 e. The topological polar surface area (TPSA) is 29.5 Å². The molecule has 1 rings (SSSR count). The van der Waals surface area contributed by atoms with Crippen molar-refractivity contribution < 1.29 is 9.84 Å². The standard InChI is InChI=1S/C18H28B2O2/c19-18(20,13-14-21)12-8-3-1-2-4-9-15-22-16-17-10-6-5-7-11-17/h5-7,10-11,21H,1-4,8-9,12-16H2. The Kier molecular flexibility index (Phi) is 10.3. The molecule has 0 spiro atoms. The van der Waals surface area contributed by atoms with Gasteiger partial charge in [0.2, 0.25) is 0 Å². The van der Waals surface area contributed by atoms with E-state index in [0.717, 1.165) is 32.3 Å². The lowest BCUT2D eigenvalue weighted by molar-refractivity contribution is 0.116. The highest BCUT2D eigenvalue weighted by Gasteiger charge is 2.14. The van der Waals surface area contributed by atoms with E-state index in [4.69, 9.17) is 25.5 Å². The maximum Gasteiger partial charge on any atom is 0.0716 e. The maximum atomic E-state index is 8.85. The third-order valence-electron chi connectivity index (χ3n) is 3.87. The number of benzene rings is 1. The van der Waals surface area contributed by atoms with Crippen molar-refractivity contribution in [3.63, 3.8) is 0 Å². The highest BCUT2D eigenvalue weighted by Crippen LogP contribution is 2.28. The molecule has 0 saturated carbocycles. The molecule has 118 valence electrons. The van der Waals surface area contributed by atoms with Gasteiger partial charge in [-0.3, -0.25) is 0 Å². The van der Waals surface area contributed by atoms with Crippen LogP contribution in [0.5, 0.6) is 0 Å². The third-order valence-corrected chi connectivity index (χ3v) is 3.87. The molecule has 0 aliphatic carbocycles. The summed E-state index contributed by atoms with van der Waals surface area (Å²) < 4.78 is 5.66. The quantitative estimate of drug-likeness (QED) is 0.444. The van der Waals surface area contributed by atoms with E-state index in [9.17, 15) is 0 Å². The van der Waals surface area contributed by atoms with Crippen LogP contribution < -0.4 is 0 Å². The highest BCUT2D eigenvalue weighted by molar-refractivity contribution is 6.39. The summed E-state index contributed by atoms with van der Waals surface area (Å²) in [5.41, 5.74) is 1.23. The molecule has 4 heteroatoms. The van der Waals surface area contributed by atoms with E-state index >= 15 is 0 Å². The monoisotopic (exact) mass is 298 g/mol. The predicted molar refractivity (Wildman–Crippen MR) is 94.3 cm³/mol. The second-order valence-electron chi connectivity index (χ2n) is 6.12. The van der Waals surface area contributed by atoms with Gasteiger partial charge in [-0.15, -0.1) is 0 Å². The summed E-state index contributed by atoms with van der Waals surface area (Å²) in [5.74, 6) is 0. The molecule has 0 bridgehead atoms. The van der Waals surface area contributed by atoms with Gasteiger partial charge in [-0.1, -0.05) is 74.1 Å². The summed E-state index contributed by atoms with van der Waals surface area (Å²) >= 11 is 0. The first kappa shape index (κ1) is 19.3. The summed E-state index contributed by atoms with van der Waals surface area (Å²) in [5, 5.41) is 8.15. The van der Waals surface area contributed by atoms with Crippen LogP contribution in [0, 0.1) is 0 Å². The molecule has 0 aliphatic rings. The Hall–Kier alpha value is -0.730. The van der Waals surface area contributed by atoms with Crippen LogP contribution in [0.3, 0.4) is 0 Å². The number of ether oxygens (including phenoxy) is 1. The zero-order chi connectivity index (χ0) is 16.1. The average molecular weight is 298 g/mol. The molecular weight excluding hydrogens is 270 g/mol. The minimum absolute atomic E-state index is 0.0655. The van der Waals surface area contributed by atoms with Gasteiger partial charge in [0.25, 0.3) is 0 Å². The van der Waals surface area contributed by atoms with Crippen LogP contribution in [0.25, 0.3) is 0 Å². The van der Waals surface area contributed by atoms with Crippen LogP contribution in [0.15, 0.2) is 30.3 Å². The number of aliphatic hydroxyl groups excluding tert-OH is 1. The molecule has 1 aromatic carbocycles. The molecule has 0 aliphatic heterocycles. The van der Waals surface area contributed by atoms with Crippen molar-refractivity contribution in [2.45, 2.75) is 63.2 Å². The molecule has 0 amide bonds. The van der Waals surface area contributed by atoms with E-state index in [1.165, 1.54) is 24.8 Å². The lowest BCUT2D eigenvalue weighted by atomic mass is 9.51. The average Bonchev–Trinajstić information content (AvgIpc) is 2.50. The van der Waals surface area contributed by atoms with Gasteiger partial charge in [-0.2, -0.15) is 0 Å². The van der Waals surface area contributed by atoms with Gasteiger partial charge in [-0.25, -0.2) is 0 Å². The third kappa shape index (κ3) is 10.1. The molecule has 1 aromatic rings. The van der Waals surface area contributed by atoms with E-state index in [1.807, 2.05) is 18.2 Å². The van der Waals surface area contributed by atoms with Gasteiger partial charge >= 0.3 is 0 Å². The van der Waals surface area contributed by atoms with Gasteiger partial charge in [0.1, 0.15) is 0 Å². The van der Waals surface area contributed by atoms with Gasteiger partial charge in [0.05, 0.1) is 22.3 Å². The lowest BCUT2D eigenvalue weighted by Crippen LogP contribution is -2.14. The maximum absolute atomic E-state index is 8.85. The van der Waals surface area contributed by atoms with Crippen molar-refractivity contribution in [2.75, 3.05) is 13.2 Å².